The third-order valence-electron chi connectivity index (χ3n) is 4.07. The second-order valence-corrected chi connectivity index (χ2v) is 6.09. The standard InChI is InChI=1S/C16H23N3O4/c1-10-8-13(15(17)14(9-10)19(21)22)16(20)18-11(2)5-6-12-4-3-7-23-12/h8-9,11-12H,3-7,17H2,1-2H3,(H,18,20)/t11-,12+/m1/s1. The average molecular weight is 321 g/mol. The summed E-state index contributed by atoms with van der Waals surface area (Å²) in [7, 11) is 0. The molecule has 3 N–H and O–H groups in total. The van der Waals surface area contributed by atoms with Crippen LogP contribution in [0.15, 0.2) is 12.1 Å². The summed E-state index contributed by atoms with van der Waals surface area (Å²) in [6.07, 6.45) is 4.13. The molecule has 0 spiro atoms. The fraction of sp³-hybridized carbons (Fsp3) is 0.562. The van der Waals surface area contributed by atoms with E-state index >= 15 is 0 Å². The minimum absolute atomic E-state index is 0.0503. The lowest BCUT2D eigenvalue weighted by Crippen LogP contribution is -2.33. The summed E-state index contributed by atoms with van der Waals surface area (Å²) in [6, 6.07) is 2.89. The van der Waals surface area contributed by atoms with Gasteiger partial charge in [-0.25, -0.2) is 0 Å². The zero-order chi connectivity index (χ0) is 17.0. The molecule has 126 valence electrons. The van der Waals surface area contributed by atoms with Crippen LogP contribution in [0.2, 0.25) is 0 Å². The number of nitrogens with two attached hydrogens (primary N) is 1. The second kappa shape index (κ2) is 7.41. The molecule has 0 saturated carbocycles. The van der Waals surface area contributed by atoms with Gasteiger partial charge in [0.05, 0.1) is 16.6 Å². The minimum Gasteiger partial charge on any atom is -0.393 e. The summed E-state index contributed by atoms with van der Waals surface area (Å²) in [6.45, 7) is 4.42. The van der Waals surface area contributed by atoms with Crippen molar-refractivity contribution in [2.24, 2.45) is 0 Å². The Labute approximate surface area is 135 Å². The molecule has 0 aliphatic carbocycles. The van der Waals surface area contributed by atoms with E-state index in [1.54, 1.807) is 13.0 Å². The van der Waals surface area contributed by atoms with Crippen molar-refractivity contribution in [3.05, 3.63) is 33.4 Å². The van der Waals surface area contributed by atoms with E-state index < -0.39 is 4.92 Å². The summed E-state index contributed by atoms with van der Waals surface area (Å²) in [5.74, 6) is -0.380. The average Bonchev–Trinajstić information content (AvgIpc) is 3.00. The second-order valence-electron chi connectivity index (χ2n) is 6.09. The summed E-state index contributed by atoms with van der Waals surface area (Å²) in [5, 5.41) is 13.9. The van der Waals surface area contributed by atoms with E-state index in [1.165, 1.54) is 6.07 Å². The normalized spacial score (nSPS) is 18.6. The first-order valence-corrected chi connectivity index (χ1v) is 7.85. The number of rotatable bonds is 6. The lowest BCUT2D eigenvalue weighted by molar-refractivity contribution is -0.384. The first-order valence-electron chi connectivity index (χ1n) is 7.85. The number of benzene rings is 1. The fourth-order valence-electron chi connectivity index (χ4n) is 2.80. The molecule has 1 aromatic carbocycles. The highest BCUT2D eigenvalue weighted by Crippen LogP contribution is 2.27. The zero-order valence-corrected chi connectivity index (χ0v) is 13.5. The molecule has 1 fully saturated rings. The molecule has 7 heteroatoms. The zero-order valence-electron chi connectivity index (χ0n) is 13.5. The van der Waals surface area contributed by atoms with Gasteiger partial charge in [0.25, 0.3) is 11.6 Å². The number of nitrogens with one attached hydrogen (secondary N) is 1. The van der Waals surface area contributed by atoms with Crippen LogP contribution in [-0.2, 0) is 4.74 Å². The number of nitrogen functional groups attached to an aromatic ring is 1. The molecule has 23 heavy (non-hydrogen) atoms. The number of ether oxygens (including phenoxy) is 1. The van der Waals surface area contributed by atoms with Gasteiger partial charge in [0.1, 0.15) is 5.69 Å². The van der Waals surface area contributed by atoms with E-state index in [4.69, 9.17) is 10.5 Å². The molecule has 1 aliphatic rings. The first-order chi connectivity index (χ1) is 10.9. The van der Waals surface area contributed by atoms with Gasteiger partial charge in [-0.3, -0.25) is 14.9 Å². The van der Waals surface area contributed by atoms with Gasteiger partial charge in [-0.2, -0.15) is 0 Å². The van der Waals surface area contributed by atoms with Gasteiger partial charge in [0.2, 0.25) is 0 Å². The van der Waals surface area contributed by atoms with Crippen LogP contribution in [-0.4, -0.2) is 29.6 Å². The lowest BCUT2D eigenvalue weighted by atomic mass is 10.0. The topological polar surface area (TPSA) is 107 Å². The van der Waals surface area contributed by atoms with Gasteiger partial charge in [-0.1, -0.05) is 0 Å². The number of amides is 1. The monoisotopic (exact) mass is 321 g/mol. The van der Waals surface area contributed by atoms with Crippen molar-refractivity contribution in [2.75, 3.05) is 12.3 Å². The molecule has 2 atom stereocenters. The van der Waals surface area contributed by atoms with Gasteiger partial charge >= 0.3 is 0 Å². The van der Waals surface area contributed by atoms with E-state index in [1.807, 2.05) is 6.92 Å². The highest BCUT2D eigenvalue weighted by molar-refractivity contribution is 6.01. The van der Waals surface area contributed by atoms with Crippen LogP contribution in [0.3, 0.4) is 0 Å². The molecular weight excluding hydrogens is 298 g/mol. The number of hydrogen-bond acceptors (Lipinski definition) is 5. The SMILES string of the molecule is Cc1cc(C(=O)N[C@H](C)CC[C@@H]2CCCO2)c(N)c([N+](=O)[O-])c1. The lowest BCUT2D eigenvalue weighted by Gasteiger charge is -2.17. The fourth-order valence-corrected chi connectivity index (χ4v) is 2.80. The van der Waals surface area contributed by atoms with Gasteiger partial charge in [-0.05, 0) is 51.2 Å². The number of carbonyl (C=O) groups excluding carboxylic acids is 1. The van der Waals surface area contributed by atoms with Crippen molar-refractivity contribution < 1.29 is 14.5 Å². The van der Waals surface area contributed by atoms with Crippen LogP contribution < -0.4 is 11.1 Å². The van der Waals surface area contributed by atoms with E-state index in [-0.39, 0.29) is 35.0 Å². The van der Waals surface area contributed by atoms with Crippen LogP contribution in [0.5, 0.6) is 0 Å². The first kappa shape index (κ1) is 17.2. The maximum atomic E-state index is 12.4. The smallest absolute Gasteiger partial charge is 0.293 e. The Morgan fingerprint density at radius 3 is 2.91 bits per heavy atom. The van der Waals surface area contributed by atoms with Crippen LogP contribution in [0, 0.1) is 17.0 Å². The van der Waals surface area contributed by atoms with Crippen LogP contribution in [0.25, 0.3) is 0 Å². The Morgan fingerprint density at radius 2 is 2.30 bits per heavy atom. The largest absolute Gasteiger partial charge is 0.393 e. The molecule has 0 bridgehead atoms. The third-order valence-corrected chi connectivity index (χ3v) is 4.07. The van der Waals surface area contributed by atoms with E-state index in [2.05, 4.69) is 5.32 Å². The van der Waals surface area contributed by atoms with Crippen LogP contribution >= 0.6 is 0 Å². The number of nitro groups is 1. The molecule has 1 heterocycles. The number of carbonyl (C=O) groups is 1. The molecule has 2 rings (SSSR count). The highest BCUT2D eigenvalue weighted by Gasteiger charge is 2.22. The Hall–Kier alpha value is -2.15. The molecule has 0 aromatic heterocycles. The van der Waals surface area contributed by atoms with Crippen molar-refractivity contribution in [3.8, 4) is 0 Å². The maximum Gasteiger partial charge on any atom is 0.293 e. The summed E-state index contributed by atoms with van der Waals surface area (Å²) < 4.78 is 5.56. The summed E-state index contributed by atoms with van der Waals surface area (Å²) in [5.41, 5.74) is 6.23. The molecule has 1 aromatic rings. The van der Waals surface area contributed by atoms with Crippen molar-refractivity contribution in [2.45, 2.75) is 51.7 Å². The molecule has 1 aliphatic heterocycles. The Balaban J connectivity index is 2.00. The maximum absolute atomic E-state index is 12.4. The number of anilines is 1. The molecule has 0 unspecified atom stereocenters. The number of aryl methyl sites for hydroxylation is 1. The predicted octanol–water partition coefficient (Wildman–Crippen LogP) is 2.56. The van der Waals surface area contributed by atoms with E-state index in [0.717, 1.165) is 32.3 Å². The Morgan fingerprint density at radius 1 is 1.57 bits per heavy atom. The van der Waals surface area contributed by atoms with Gasteiger partial charge in [0.15, 0.2) is 0 Å². The number of nitrogens with zero attached hydrogens (tertiary/aromatic N) is 1. The van der Waals surface area contributed by atoms with Crippen molar-refractivity contribution in [1.29, 1.82) is 0 Å². The number of nitro benzene ring substituents is 1. The molecular formula is C16H23N3O4. The van der Waals surface area contributed by atoms with E-state index in [9.17, 15) is 14.9 Å². The Kier molecular flexibility index (Phi) is 5.54. The minimum atomic E-state index is -0.569. The summed E-state index contributed by atoms with van der Waals surface area (Å²) >= 11 is 0. The Bertz CT molecular complexity index is 597. The predicted molar refractivity (Wildman–Crippen MR) is 87.4 cm³/mol. The van der Waals surface area contributed by atoms with Gasteiger partial charge in [-0.15, -0.1) is 0 Å². The molecule has 1 saturated heterocycles. The highest BCUT2D eigenvalue weighted by atomic mass is 16.6. The quantitative estimate of drug-likeness (QED) is 0.475. The van der Waals surface area contributed by atoms with Crippen molar-refractivity contribution in [3.63, 3.8) is 0 Å². The van der Waals surface area contributed by atoms with E-state index in [0.29, 0.717) is 5.56 Å². The van der Waals surface area contributed by atoms with Crippen molar-refractivity contribution >= 4 is 17.3 Å². The van der Waals surface area contributed by atoms with Crippen LogP contribution in [0.1, 0.15) is 48.5 Å². The molecule has 1 amide bonds. The summed E-state index contributed by atoms with van der Waals surface area (Å²) in [4.78, 5) is 22.8. The molecule has 7 nitrogen and oxygen atoms in total. The van der Waals surface area contributed by atoms with Crippen molar-refractivity contribution in [1.82, 2.24) is 5.32 Å². The number of hydrogen-bond donors (Lipinski definition) is 2. The van der Waals surface area contributed by atoms with Gasteiger partial charge < -0.3 is 15.8 Å². The van der Waals surface area contributed by atoms with Gasteiger partial charge in [0, 0.05) is 18.7 Å². The van der Waals surface area contributed by atoms with Crippen LogP contribution in [0.4, 0.5) is 11.4 Å². The molecule has 0 radical (unpaired) electrons. The third kappa shape index (κ3) is 4.41.